The molecule has 0 heterocycles. The van der Waals surface area contributed by atoms with Gasteiger partial charge in [-0.3, -0.25) is 0 Å². The van der Waals surface area contributed by atoms with Gasteiger partial charge < -0.3 is 0 Å². The Kier molecular flexibility index (Phi) is 4.40. The fourth-order valence-electron chi connectivity index (χ4n) is 2.44. The highest BCUT2D eigenvalue weighted by Crippen LogP contribution is 2.27. The molecule has 0 aliphatic heterocycles. The van der Waals surface area contributed by atoms with Crippen molar-refractivity contribution in [2.45, 2.75) is 37.5 Å². The predicted octanol–water partition coefficient (Wildman–Crippen LogP) is 2.79. The van der Waals surface area contributed by atoms with Gasteiger partial charge in [-0.2, -0.15) is 0 Å². The second-order valence-corrected chi connectivity index (χ2v) is 7.06. The van der Waals surface area contributed by atoms with Crippen LogP contribution in [0.3, 0.4) is 0 Å². The maximum atomic E-state index is 12.0. The van der Waals surface area contributed by atoms with Crippen molar-refractivity contribution in [3.05, 3.63) is 30.3 Å². The third kappa shape index (κ3) is 3.56. The molecule has 0 unspecified atom stereocenters. The molecule has 0 amide bonds. The zero-order valence-electron chi connectivity index (χ0n) is 10.8. The van der Waals surface area contributed by atoms with Gasteiger partial charge >= 0.3 is 0 Å². The lowest BCUT2D eigenvalue weighted by Gasteiger charge is -2.26. The van der Waals surface area contributed by atoms with Gasteiger partial charge in [0.25, 0.3) is 0 Å². The molecule has 1 N–H and O–H groups in total. The van der Waals surface area contributed by atoms with E-state index in [0.717, 1.165) is 18.8 Å². The molecule has 0 aromatic heterocycles. The van der Waals surface area contributed by atoms with Gasteiger partial charge in [0.15, 0.2) is 0 Å². The maximum Gasteiger partial charge on any atom is 0.240 e. The van der Waals surface area contributed by atoms with Crippen LogP contribution in [0.15, 0.2) is 35.2 Å². The van der Waals surface area contributed by atoms with Gasteiger partial charge in [0.1, 0.15) is 0 Å². The molecule has 0 atom stereocenters. The van der Waals surface area contributed by atoms with Crippen molar-refractivity contribution in [1.82, 2.24) is 4.72 Å². The number of sulfonamides is 1. The highest BCUT2D eigenvalue weighted by atomic mass is 32.2. The summed E-state index contributed by atoms with van der Waals surface area (Å²) in [4.78, 5) is 0.356. The Morgan fingerprint density at radius 3 is 2.33 bits per heavy atom. The van der Waals surface area contributed by atoms with E-state index >= 15 is 0 Å². The van der Waals surface area contributed by atoms with Crippen molar-refractivity contribution in [3.63, 3.8) is 0 Å². The SMILES string of the molecule is CC1CCC(CNS(=O)(=O)c2ccccc2)CC1. The summed E-state index contributed by atoms with van der Waals surface area (Å²) in [6.07, 6.45) is 4.71. The van der Waals surface area contributed by atoms with Gasteiger partial charge in [0, 0.05) is 6.54 Å². The molecule has 18 heavy (non-hydrogen) atoms. The van der Waals surface area contributed by atoms with E-state index in [4.69, 9.17) is 0 Å². The van der Waals surface area contributed by atoms with E-state index in [9.17, 15) is 8.42 Å². The molecule has 1 aliphatic rings. The Balaban J connectivity index is 1.90. The van der Waals surface area contributed by atoms with Crippen LogP contribution in [0.5, 0.6) is 0 Å². The second-order valence-electron chi connectivity index (χ2n) is 5.29. The van der Waals surface area contributed by atoms with Crippen LogP contribution >= 0.6 is 0 Å². The quantitative estimate of drug-likeness (QED) is 0.911. The van der Waals surface area contributed by atoms with Crippen LogP contribution in [-0.4, -0.2) is 15.0 Å². The fraction of sp³-hybridized carbons (Fsp3) is 0.571. The van der Waals surface area contributed by atoms with Crippen LogP contribution in [0.25, 0.3) is 0 Å². The van der Waals surface area contributed by atoms with Gasteiger partial charge in [-0.1, -0.05) is 38.0 Å². The van der Waals surface area contributed by atoms with E-state index < -0.39 is 10.0 Å². The standard InChI is InChI=1S/C14H21NO2S/c1-12-7-9-13(10-8-12)11-15-18(16,17)14-5-3-2-4-6-14/h2-6,12-13,15H,7-11H2,1H3. The van der Waals surface area contributed by atoms with Crippen molar-refractivity contribution in [2.24, 2.45) is 11.8 Å². The van der Waals surface area contributed by atoms with Crippen LogP contribution in [0, 0.1) is 11.8 Å². The molecule has 0 radical (unpaired) electrons. The Morgan fingerprint density at radius 2 is 1.72 bits per heavy atom. The molecular formula is C14H21NO2S. The molecule has 1 saturated carbocycles. The molecular weight excluding hydrogens is 246 g/mol. The first kappa shape index (κ1) is 13.6. The molecule has 1 fully saturated rings. The molecule has 100 valence electrons. The number of nitrogens with one attached hydrogen (secondary N) is 1. The number of rotatable bonds is 4. The molecule has 3 nitrogen and oxygen atoms in total. The van der Waals surface area contributed by atoms with Crippen LogP contribution in [0.1, 0.15) is 32.6 Å². The van der Waals surface area contributed by atoms with E-state index in [0.29, 0.717) is 17.4 Å². The summed E-state index contributed by atoms with van der Waals surface area (Å²) < 4.78 is 26.8. The Morgan fingerprint density at radius 1 is 1.11 bits per heavy atom. The average molecular weight is 267 g/mol. The number of hydrogen-bond donors (Lipinski definition) is 1. The Bertz CT molecular complexity index is 462. The largest absolute Gasteiger partial charge is 0.240 e. The summed E-state index contributed by atoms with van der Waals surface area (Å²) in [7, 11) is -3.32. The van der Waals surface area contributed by atoms with Crippen LogP contribution in [0.2, 0.25) is 0 Å². The zero-order chi connectivity index (χ0) is 13.0. The minimum Gasteiger partial charge on any atom is -0.211 e. The van der Waals surface area contributed by atoms with E-state index in [2.05, 4.69) is 11.6 Å². The molecule has 1 aromatic carbocycles. The summed E-state index contributed by atoms with van der Waals surface area (Å²) in [5.74, 6) is 1.30. The summed E-state index contributed by atoms with van der Waals surface area (Å²) in [5.41, 5.74) is 0. The van der Waals surface area contributed by atoms with Gasteiger partial charge in [0.05, 0.1) is 4.90 Å². The van der Waals surface area contributed by atoms with E-state index in [-0.39, 0.29) is 0 Å². The summed E-state index contributed by atoms with van der Waals surface area (Å²) in [5, 5.41) is 0. The number of benzene rings is 1. The van der Waals surface area contributed by atoms with Gasteiger partial charge in [-0.15, -0.1) is 0 Å². The molecule has 4 heteroatoms. The topological polar surface area (TPSA) is 46.2 Å². The minimum absolute atomic E-state index is 0.356. The average Bonchev–Trinajstić information content (AvgIpc) is 2.39. The van der Waals surface area contributed by atoms with Crippen molar-refractivity contribution < 1.29 is 8.42 Å². The Hall–Kier alpha value is -0.870. The predicted molar refractivity (Wildman–Crippen MR) is 72.8 cm³/mol. The van der Waals surface area contributed by atoms with Crippen LogP contribution < -0.4 is 4.72 Å². The lowest BCUT2D eigenvalue weighted by Crippen LogP contribution is -2.31. The molecule has 1 aromatic rings. The smallest absolute Gasteiger partial charge is 0.211 e. The molecule has 0 bridgehead atoms. The summed E-state index contributed by atoms with van der Waals surface area (Å²) >= 11 is 0. The van der Waals surface area contributed by atoms with Gasteiger partial charge in [-0.05, 0) is 36.8 Å². The van der Waals surface area contributed by atoms with Crippen molar-refractivity contribution in [3.8, 4) is 0 Å². The van der Waals surface area contributed by atoms with Crippen molar-refractivity contribution in [1.29, 1.82) is 0 Å². The highest BCUT2D eigenvalue weighted by molar-refractivity contribution is 7.89. The first-order valence-electron chi connectivity index (χ1n) is 6.62. The third-order valence-electron chi connectivity index (χ3n) is 3.75. The second kappa shape index (κ2) is 5.85. The maximum absolute atomic E-state index is 12.0. The molecule has 0 spiro atoms. The number of hydrogen-bond acceptors (Lipinski definition) is 2. The normalized spacial score (nSPS) is 24.9. The molecule has 1 aliphatic carbocycles. The zero-order valence-corrected chi connectivity index (χ0v) is 11.6. The summed E-state index contributed by atoms with van der Waals surface area (Å²) in [6.45, 7) is 2.84. The molecule has 0 saturated heterocycles. The molecule has 2 rings (SSSR count). The van der Waals surface area contributed by atoms with E-state index in [1.165, 1.54) is 12.8 Å². The van der Waals surface area contributed by atoms with Gasteiger partial charge in [0.2, 0.25) is 10.0 Å². The highest BCUT2D eigenvalue weighted by Gasteiger charge is 2.20. The summed E-state index contributed by atoms with van der Waals surface area (Å²) in [6, 6.07) is 8.58. The lowest BCUT2D eigenvalue weighted by molar-refractivity contribution is 0.290. The van der Waals surface area contributed by atoms with Crippen LogP contribution in [0.4, 0.5) is 0 Å². The fourth-order valence-corrected chi connectivity index (χ4v) is 3.58. The Labute approximate surface area is 110 Å². The van der Waals surface area contributed by atoms with Crippen molar-refractivity contribution in [2.75, 3.05) is 6.54 Å². The minimum atomic E-state index is -3.32. The van der Waals surface area contributed by atoms with Gasteiger partial charge in [-0.25, -0.2) is 13.1 Å². The monoisotopic (exact) mass is 267 g/mol. The lowest BCUT2D eigenvalue weighted by atomic mass is 9.83. The van der Waals surface area contributed by atoms with E-state index in [1.54, 1.807) is 24.3 Å². The first-order valence-corrected chi connectivity index (χ1v) is 8.11. The van der Waals surface area contributed by atoms with Crippen molar-refractivity contribution >= 4 is 10.0 Å². The first-order chi connectivity index (χ1) is 8.58. The third-order valence-corrected chi connectivity index (χ3v) is 5.19. The van der Waals surface area contributed by atoms with Crippen LogP contribution in [-0.2, 0) is 10.0 Å². The van der Waals surface area contributed by atoms with E-state index in [1.807, 2.05) is 6.07 Å².